The Bertz CT molecular complexity index is 373. The van der Waals surface area contributed by atoms with Crippen molar-refractivity contribution < 1.29 is 9.84 Å². The molecule has 0 amide bonds. The highest BCUT2D eigenvalue weighted by Crippen LogP contribution is 2.37. The summed E-state index contributed by atoms with van der Waals surface area (Å²) in [5, 5.41) is 10.1. The van der Waals surface area contributed by atoms with Crippen molar-refractivity contribution in [1.82, 2.24) is 4.90 Å². The van der Waals surface area contributed by atoms with Crippen LogP contribution in [0.4, 0.5) is 0 Å². The largest absolute Gasteiger partial charge is 0.504 e. The van der Waals surface area contributed by atoms with Crippen LogP contribution < -0.4 is 4.74 Å². The standard InChI is InChI=1S/C14H23NO2/c1-10(2)12-7-6-11(3)13(16)14(12)17-9-8-15(4)5/h6-7,10,16H,8-9H2,1-5H3. The van der Waals surface area contributed by atoms with Gasteiger partial charge in [0.1, 0.15) is 6.61 Å². The highest BCUT2D eigenvalue weighted by atomic mass is 16.5. The quantitative estimate of drug-likeness (QED) is 0.854. The summed E-state index contributed by atoms with van der Waals surface area (Å²) in [5.41, 5.74) is 1.92. The van der Waals surface area contributed by atoms with Gasteiger partial charge in [0.25, 0.3) is 0 Å². The van der Waals surface area contributed by atoms with E-state index in [1.54, 1.807) is 0 Å². The van der Waals surface area contributed by atoms with Crippen molar-refractivity contribution >= 4 is 0 Å². The molecule has 1 aromatic rings. The summed E-state index contributed by atoms with van der Waals surface area (Å²) in [7, 11) is 4.01. The molecule has 0 atom stereocenters. The molecule has 0 radical (unpaired) electrons. The van der Waals surface area contributed by atoms with Crippen LogP contribution in [0.1, 0.15) is 30.9 Å². The maximum Gasteiger partial charge on any atom is 0.164 e. The highest BCUT2D eigenvalue weighted by Gasteiger charge is 2.14. The number of phenols is 1. The molecule has 1 rings (SSSR count). The average Bonchev–Trinajstić information content (AvgIpc) is 2.23. The molecule has 0 aliphatic carbocycles. The normalized spacial score (nSPS) is 11.2. The van der Waals surface area contributed by atoms with Gasteiger partial charge in [0, 0.05) is 12.1 Å². The minimum absolute atomic E-state index is 0.273. The van der Waals surface area contributed by atoms with Crippen LogP contribution in [0.3, 0.4) is 0 Å². The molecule has 3 heteroatoms. The number of nitrogens with zero attached hydrogens (tertiary/aromatic N) is 1. The molecular weight excluding hydrogens is 214 g/mol. The second-order valence-corrected chi connectivity index (χ2v) is 4.96. The van der Waals surface area contributed by atoms with Gasteiger partial charge in [-0.2, -0.15) is 0 Å². The fourth-order valence-electron chi connectivity index (χ4n) is 1.62. The number of likely N-dealkylation sites (N-methyl/N-ethyl adjacent to an activating group) is 1. The summed E-state index contributed by atoms with van der Waals surface area (Å²) >= 11 is 0. The number of hydrogen-bond acceptors (Lipinski definition) is 3. The van der Waals surface area contributed by atoms with Crippen molar-refractivity contribution in [2.24, 2.45) is 0 Å². The molecule has 0 saturated carbocycles. The average molecular weight is 237 g/mol. The highest BCUT2D eigenvalue weighted by molar-refractivity contribution is 5.51. The topological polar surface area (TPSA) is 32.7 Å². The second-order valence-electron chi connectivity index (χ2n) is 4.96. The number of aromatic hydroxyl groups is 1. The third kappa shape index (κ3) is 3.63. The van der Waals surface area contributed by atoms with E-state index in [9.17, 15) is 5.11 Å². The maximum absolute atomic E-state index is 10.1. The third-order valence-electron chi connectivity index (χ3n) is 2.77. The number of rotatable bonds is 5. The lowest BCUT2D eigenvalue weighted by atomic mass is 10.00. The Morgan fingerprint density at radius 2 is 1.94 bits per heavy atom. The zero-order valence-electron chi connectivity index (χ0n) is 11.4. The molecule has 0 aromatic heterocycles. The molecular formula is C14H23NO2. The van der Waals surface area contributed by atoms with Crippen molar-refractivity contribution in [3.63, 3.8) is 0 Å². The van der Waals surface area contributed by atoms with Crippen LogP contribution in [0.5, 0.6) is 11.5 Å². The monoisotopic (exact) mass is 237 g/mol. The lowest BCUT2D eigenvalue weighted by Crippen LogP contribution is -2.20. The fraction of sp³-hybridized carbons (Fsp3) is 0.571. The van der Waals surface area contributed by atoms with Crippen LogP contribution in [0.15, 0.2) is 12.1 Å². The summed E-state index contributed by atoms with van der Waals surface area (Å²) in [6, 6.07) is 3.97. The first-order valence-electron chi connectivity index (χ1n) is 6.03. The van der Waals surface area contributed by atoms with E-state index in [1.165, 1.54) is 0 Å². The first-order valence-corrected chi connectivity index (χ1v) is 6.03. The van der Waals surface area contributed by atoms with Crippen LogP contribution in [-0.4, -0.2) is 37.3 Å². The molecule has 17 heavy (non-hydrogen) atoms. The molecule has 0 heterocycles. The summed E-state index contributed by atoms with van der Waals surface area (Å²) < 4.78 is 5.73. The lowest BCUT2D eigenvalue weighted by Gasteiger charge is -2.18. The van der Waals surface area contributed by atoms with Gasteiger partial charge in [0.2, 0.25) is 0 Å². The van der Waals surface area contributed by atoms with Crippen molar-refractivity contribution in [3.8, 4) is 11.5 Å². The van der Waals surface area contributed by atoms with Gasteiger partial charge in [-0.05, 0) is 32.5 Å². The van der Waals surface area contributed by atoms with Gasteiger partial charge in [0.15, 0.2) is 11.5 Å². The SMILES string of the molecule is Cc1ccc(C(C)C)c(OCCN(C)C)c1O. The Labute approximate surface area is 104 Å². The molecule has 0 saturated heterocycles. The van der Waals surface area contributed by atoms with E-state index < -0.39 is 0 Å². The summed E-state index contributed by atoms with van der Waals surface area (Å²) in [5.74, 6) is 1.26. The van der Waals surface area contributed by atoms with Crippen LogP contribution in [-0.2, 0) is 0 Å². The van der Waals surface area contributed by atoms with Gasteiger partial charge in [-0.1, -0.05) is 26.0 Å². The molecule has 0 fully saturated rings. The Morgan fingerprint density at radius 1 is 1.29 bits per heavy atom. The minimum atomic E-state index is 0.273. The van der Waals surface area contributed by atoms with Crippen LogP contribution in [0.25, 0.3) is 0 Å². The van der Waals surface area contributed by atoms with E-state index >= 15 is 0 Å². The molecule has 0 aliphatic heterocycles. The van der Waals surface area contributed by atoms with E-state index in [4.69, 9.17) is 4.74 Å². The molecule has 1 N–H and O–H groups in total. The summed E-state index contributed by atoms with van der Waals surface area (Å²) in [4.78, 5) is 2.06. The van der Waals surface area contributed by atoms with Gasteiger partial charge in [-0.15, -0.1) is 0 Å². The maximum atomic E-state index is 10.1. The Balaban J connectivity index is 2.90. The smallest absolute Gasteiger partial charge is 0.164 e. The predicted molar refractivity (Wildman–Crippen MR) is 71.0 cm³/mol. The van der Waals surface area contributed by atoms with Gasteiger partial charge < -0.3 is 14.7 Å². The van der Waals surface area contributed by atoms with E-state index in [0.717, 1.165) is 17.7 Å². The molecule has 96 valence electrons. The second kappa shape index (κ2) is 5.92. The van der Waals surface area contributed by atoms with Crippen molar-refractivity contribution in [2.45, 2.75) is 26.7 Å². The van der Waals surface area contributed by atoms with Crippen LogP contribution in [0.2, 0.25) is 0 Å². The number of benzene rings is 1. The van der Waals surface area contributed by atoms with E-state index in [2.05, 4.69) is 18.7 Å². The summed E-state index contributed by atoms with van der Waals surface area (Å²) in [6.45, 7) is 7.51. The first-order chi connectivity index (χ1) is 7.93. The van der Waals surface area contributed by atoms with Gasteiger partial charge in [0.05, 0.1) is 0 Å². The van der Waals surface area contributed by atoms with Crippen molar-refractivity contribution in [3.05, 3.63) is 23.3 Å². The number of phenolic OH excluding ortho intramolecular Hbond substituents is 1. The molecule has 0 spiro atoms. The molecule has 0 bridgehead atoms. The minimum Gasteiger partial charge on any atom is -0.504 e. The van der Waals surface area contributed by atoms with E-state index in [1.807, 2.05) is 33.2 Å². The zero-order valence-corrected chi connectivity index (χ0v) is 11.4. The number of aryl methyl sites for hydroxylation is 1. The Hall–Kier alpha value is -1.22. The van der Waals surface area contributed by atoms with Crippen LogP contribution in [0, 0.1) is 6.92 Å². The van der Waals surface area contributed by atoms with E-state index in [0.29, 0.717) is 18.3 Å². The zero-order chi connectivity index (χ0) is 13.0. The predicted octanol–water partition coefficient (Wildman–Crippen LogP) is 2.76. The molecule has 3 nitrogen and oxygen atoms in total. The van der Waals surface area contributed by atoms with E-state index in [-0.39, 0.29) is 5.75 Å². The lowest BCUT2D eigenvalue weighted by molar-refractivity contribution is 0.249. The Morgan fingerprint density at radius 3 is 2.47 bits per heavy atom. The van der Waals surface area contributed by atoms with Gasteiger partial charge >= 0.3 is 0 Å². The number of ether oxygens (including phenoxy) is 1. The molecule has 0 aliphatic rings. The molecule has 1 aromatic carbocycles. The van der Waals surface area contributed by atoms with Crippen molar-refractivity contribution in [1.29, 1.82) is 0 Å². The molecule has 0 unspecified atom stereocenters. The number of hydrogen-bond donors (Lipinski definition) is 1. The summed E-state index contributed by atoms with van der Waals surface area (Å²) in [6.07, 6.45) is 0. The fourth-order valence-corrected chi connectivity index (χ4v) is 1.62. The van der Waals surface area contributed by atoms with Crippen LogP contribution >= 0.6 is 0 Å². The first kappa shape index (κ1) is 13.8. The van der Waals surface area contributed by atoms with Gasteiger partial charge in [-0.25, -0.2) is 0 Å². The van der Waals surface area contributed by atoms with Gasteiger partial charge in [-0.3, -0.25) is 0 Å². The van der Waals surface area contributed by atoms with Crippen molar-refractivity contribution in [2.75, 3.05) is 27.2 Å². The third-order valence-corrected chi connectivity index (χ3v) is 2.77. The Kier molecular flexibility index (Phi) is 4.82.